The molecule has 0 fully saturated rings. The Labute approximate surface area is 112 Å². The highest BCUT2D eigenvalue weighted by Crippen LogP contribution is 2.28. The van der Waals surface area contributed by atoms with Gasteiger partial charge in [0.25, 0.3) is 0 Å². The van der Waals surface area contributed by atoms with Crippen LogP contribution >= 0.6 is 0 Å². The van der Waals surface area contributed by atoms with Gasteiger partial charge in [0.15, 0.2) is 0 Å². The third-order valence-electron chi connectivity index (χ3n) is 2.98. The first kappa shape index (κ1) is 15.0. The Bertz CT molecular complexity index is 432. The van der Waals surface area contributed by atoms with Crippen LogP contribution in [0.25, 0.3) is 0 Å². The molecule has 0 radical (unpaired) electrons. The Balaban J connectivity index is 3.06. The monoisotopic (exact) mass is 265 g/mol. The van der Waals surface area contributed by atoms with Gasteiger partial charge in [-0.3, -0.25) is 4.79 Å². The quantitative estimate of drug-likeness (QED) is 0.888. The van der Waals surface area contributed by atoms with Gasteiger partial charge in [-0.05, 0) is 19.4 Å². The van der Waals surface area contributed by atoms with E-state index in [0.29, 0.717) is 0 Å². The molecule has 5 nitrogen and oxygen atoms in total. The van der Waals surface area contributed by atoms with Crippen molar-refractivity contribution < 1.29 is 19.4 Å². The first-order chi connectivity index (χ1) is 8.99. The molecule has 0 aliphatic rings. The highest BCUT2D eigenvalue weighted by Gasteiger charge is 2.31. The molecular weight excluding hydrogens is 246 g/mol. The summed E-state index contributed by atoms with van der Waals surface area (Å²) in [5.74, 6) is -1.68. The van der Waals surface area contributed by atoms with Crippen LogP contribution in [0.2, 0.25) is 0 Å². The van der Waals surface area contributed by atoms with Crippen molar-refractivity contribution in [2.45, 2.75) is 19.9 Å². The molecule has 0 saturated heterocycles. The zero-order chi connectivity index (χ0) is 14.4. The van der Waals surface area contributed by atoms with E-state index in [0.717, 1.165) is 5.56 Å². The summed E-state index contributed by atoms with van der Waals surface area (Å²) < 4.78 is 4.93. The standard InChI is InChI=1S/C14H19NO4/c1-4-19-14(18)15(3)12(10(2)13(16)17)11-8-6-5-7-9-11/h5-10,12H,4H2,1-3H3,(H,16,17). The zero-order valence-electron chi connectivity index (χ0n) is 11.4. The van der Waals surface area contributed by atoms with Crippen LogP contribution in [0.5, 0.6) is 0 Å². The molecule has 0 bridgehead atoms. The third-order valence-corrected chi connectivity index (χ3v) is 2.98. The van der Waals surface area contributed by atoms with E-state index in [1.807, 2.05) is 18.2 Å². The van der Waals surface area contributed by atoms with Crippen LogP contribution in [0.1, 0.15) is 25.5 Å². The van der Waals surface area contributed by atoms with Crippen LogP contribution in [0, 0.1) is 5.92 Å². The first-order valence-corrected chi connectivity index (χ1v) is 6.16. The lowest BCUT2D eigenvalue weighted by Crippen LogP contribution is -2.37. The molecule has 2 unspecified atom stereocenters. The van der Waals surface area contributed by atoms with Crippen LogP contribution < -0.4 is 0 Å². The van der Waals surface area contributed by atoms with E-state index in [1.165, 1.54) is 4.90 Å². The van der Waals surface area contributed by atoms with Crippen LogP contribution in [0.15, 0.2) is 30.3 Å². The molecule has 0 aromatic heterocycles. The molecule has 0 aliphatic heterocycles. The third kappa shape index (κ3) is 3.71. The maximum Gasteiger partial charge on any atom is 0.410 e. The minimum atomic E-state index is -0.954. The number of amides is 1. The number of carboxylic acid groups (broad SMARTS) is 1. The Morgan fingerprint density at radius 3 is 2.37 bits per heavy atom. The SMILES string of the molecule is CCOC(=O)N(C)C(c1ccccc1)C(C)C(=O)O. The zero-order valence-corrected chi connectivity index (χ0v) is 11.4. The van der Waals surface area contributed by atoms with Gasteiger partial charge in [-0.25, -0.2) is 4.79 Å². The molecule has 5 heteroatoms. The topological polar surface area (TPSA) is 66.8 Å². The van der Waals surface area contributed by atoms with Gasteiger partial charge in [0.1, 0.15) is 0 Å². The van der Waals surface area contributed by atoms with Crippen molar-refractivity contribution in [1.29, 1.82) is 0 Å². The van der Waals surface area contributed by atoms with Gasteiger partial charge in [0.2, 0.25) is 0 Å². The van der Waals surface area contributed by atoms with Gasteiger partial charge >= 0.3 is 12.1 Å². The van der Waals surface area contributed by atoms with Gasteiger partial charge in [-0.15, -0.1) is 0 Å². The fourth-order valence-electron chi connectivity index (χ4n) is 1.97. The lowest BCUT2D eigenvalue weighted by Gasteiger charge is -2.30. The number of rotatable bonds is 5. The van der Waals surface area contributed by atoms with Crippen LogP contribution in [0.4, 0.5) is 4.79 Å². The summed E-state index contributed by atoms with van der Waals surface area (Å²) in [6, 6.07) is 8.53. The number of hydrogen-bond donors (Lipinski definition) is 1. The molecule has 0 aliphatic carbocycles. The summed E-state index contributed by atoms with van der Waals surface area (Å²) in [6.07, 6.45) is -0.524. The van der Waals surface area contributed by atoms with Crippen LogP contribution in [0.3, 0.4) is 0 Å². The number of carbonyl (C=O) groups excluding carboxylic acids is 1. The highest BCUT2D eigenvalue weighted by molar-refractivity contribution is 5.73. The van der Waals surface area contributed by atoms with E-state index in [9.17, 15) is 14.7 Å². The van der Waals surface area contributed by atoms with E-state index in [4.69, 9.17) is 4.74 Å². The van der Waals surface area contributed by atoms with Crippen molar-refractivity contribution >= 4 is 12.1 Å². The molecule has 0 saturated carbocycles. The highest BCUT2D eigenvalue weighted by atomic mass is 16.6. The summed E-state index contributed by atoms with van der Waals surface area (Å²) >= 11 is 0. The maximum atomic E-state index is 11.8. The Kier molecular flexibility index (Phi) is 5.36. The molecular formula is C14H19NO4. The maximum absolute atomic E-state index is 11.8. The number of hydrogen-bond acceptors (Lipinski definition) is 3. The number of carboxylic acids is 1. The second kappa shape index (κ2) is 6.78. The predicted octanol–water partition coefficient (Wildman–Crippen LogP) is 2.54. The summed E-state index contributed by atoms with van der Waals surface area (Å²) in [5, 5.41) is 9.20. The van der Waals surface area contributed by atoms with E-state index < -0.39 is 24.0 Å². The number of aliphatic carboxylic acids is 1. The van der Waals surface area contributed by atoms with E-state index in [2.05, 4.69) is 0 Å². The van der Waals surface area contributed by atoms with Gasteiger partial charge in [-0.1, -0.05) is 30.3 Å². The molecule has 1 aromatic rings. The summed E-state index contributed by atoms with van der Waals surface area (Å²) in [6.45, 7) is 3.55. The van der Waals surface area contributed by atoms with E-state index in [1.54, 1.807) is 33.0 Å². The van der Waals surface area contributed by atoms with Gasteiger partial charge < -0.3 is 14.7 Å². The Hall–Kier alpha value is -2.04. The van der Waals surface area contributed by atoms with Crippen molar-refractivity contribution in [3.8, 4) is 0 Å². The number of ether oxygens (including phenoxy) is 1. The molecule has 104 valence electrons. The van der Waals surface area contributed by atoms with Crippen molar-refractivity contribution in [2.24, 2.45) is 5.92 Å². The fourth-order valence-corrected chi connectivity index (χ4v) is 1.97. The number of carbonyl (C=O) groups is 2. The molecule has 19 heavy (non-hydrogen) atoms. The lowest BCUT2D eigenvalue weighted by molar-refractivity contribution is -0.143. The first-order valence-electron chi connectivity index (χ1n) is 6.16. The molecule has 1 amide bonds. The molecule has 0 heterocycles. The normalized spacial score (nSPS) is 13.4. The molecule has 1 aromatic carbocycles. The second-order valence-electron chi connectivity index (χ2n) is 4.29. The minimum Gasteiger partial charge on any atom is -0.481 e. The second-order valence-corrected chi connectivity index (χ2v) is 4.29. The summed E-state index contributed by atoms with van der Waals surface area (Å²) in [7, 11) is 1.55. The van der Waals surface area contributed by atoms with Gasteiger partial charge in [0.05, 0.1) is 18.6 Å². The fraction of sp³-hybridized carbons (Fsp3) is 0.429. The summed E-state index contributed by atoms with van der Waals surface area (Å²) in [4.78, 5) is 24.3. The average Bonchev–Trinajstić information content (AvgIpc) is 2.40. The summed E-state index contributed by atoms with van der Waals surface area (Å²) in [5.41, 5.74) is 0.771. The Morgan fingerprint density at radius 2 is 1.89 bits per heavy atom. The van der Waals surface area contributed by atoms with Crippen molar-refractivity contribution in [3.63, 3.8) is 0 Å². The van der Waals surface area contributed by atoms with E-state index in [-0.39, 0.29) is 6.61 Å². The van der Waals surface area contributed by atoms with Crippen molar-refractivity contribution in [3.05, 3.63) is 35.9 Å². The van der Waals surface area contributed by atoms with Crippen LogP contribution in [-0.4, -0.2) is 35.7 Å². The lowest BCUT2D eigenvalue weighted by atomic mass is 9.93. The van der Waals surface area contributed by atoms with Crippen molar-refractivity contribution in [2.75, 3.05) is 13.7 Å². The number of nitrogens with zero attached hydrogens (tertiary/aromatic N) is 1. The predicted molar refractivity (Wildman–Crippen MR) is 70.8 cm³/mol. The minimum absolute atomic E-state index is 0.256. The Morgan fingerprint density at radius 1 is 1.32 bits per heavy atom. The molecule has 2 atom stereocenters. The van der Waals surface area contributed by atoms with E-state index >= 15 is 0 Å². The van der Waals surface area contributed by atoms with Crippen molar-refractivity contribution in [1.82, 2.24) is 4.90 Å². The average molecular weight is 265 g/mol. The molecule has 0 spiro atoms. The molecule has 1 rings (SSSR count). The molecule has 1 N–H and O–H groups in total. The van der Waals surface area contributed by atoms with Gasteiger partial charge in [0, 0.05) is 7.05 Å². The largest absolute Gasteiger partial charge is 0.481 e. The van der Waals surface area contributed by atoms with Gasteiger partial charge in [-0.2, -0.15) is 0 Å². The van der Waals surface area contributed by atoms with Crippen LogP contribution in [-0.2, 0) is 9.53 Å². The number of benzene rings is 1. The smallest absolute Gasteiger partial charge is 0.410 e.